The average Bonchev–Trinajstić information content (AvgIpc) is 2.42. The highest BCUT2D eigenvalue weighted by atomic mass is 16.5. The van der Waals surface area contributed by atoms with Crippen molar-refractivity contribution in [2.45, 2.75) is 19.9 Å². The van der Waals surface area contributed by atoms with E-state index in [-0.39, 0.29) is 17.4 Å². The third kappa shape index (κ3) is 1.10. The lowest BCUT2D eigenvalue weighted by molar-refractivity contribution is -0.144. The van der Waals surface area contributed by atoms with Gasteiger partial charge in [-0.2, -0.15) is 0 Å². The Morgan fingerprint density at radius 1 is 1.69 bits per heavy atom. The number of rotatable bonds is 1. The van der Waals surface area contributed by atoms with Crippen molar-refractivity contribution in [1.29, 1.82) is 0 Å². The van der Waals surface area contributed by atoms with E-state index in [0.29, 0.717) is 5.92 Å². The molecule has 0 aromatic rings. The van der Waals surface area contributed by atoms with Crippen molar-refractivity contribution < 1.29 is 9.53 Å². The van der Waals surface area contributed by atoms with Crippen molar-refractivity contribution in [3.05, 3.63) is 11.6 Å². The first kappa shape index (κ1) is 8.75. The number of methoxy groups -OCH3 is 1. The lowest BCUT2D eigenvalue weighted by Gasteiger charge is -2.40. The van der Waals surface area contributed by atoms with Gasteiger partial charge in [0, 0.05) is 12.5 Å². The van der Waals surface area contributed by atoms with Crippen LogP contribution in [0.25, 0.3) is 0 Å². The van der Waals surface area contributed by atoms with E-state index in [1.807, 2.05) is 0 Å². The van der Waals surface area contributed by atoms with Crippen LogP contribution in [-0.4, -0.2) is 25.7 Å². The third-order valence-corrected chi connectivity index (χ3v) is 3.07. The molecule has 72 valence electrons. The number of ether oxygens (including phenoxy) is 1. The van der Waals surface area contributed by atoms with Gasteiger partial charge in [-0.15, -0.1) is 0 Å². The van der Waals surface area contributed by atoms with Gasteiger partial charge in [-0.05, 0) is 5.41 Å². The van der Waals surface area contributed by atoms with E-state index in [1.165, 1.54) is 12.7 Å². The van der Waals surface area contributed by atoms with Gasteiger partial charge in [-0.25, -0.2) is 0 Å². The Labute approximate surface area is 78.1 Å². The normalized spacial score (nSPS) is 34.5. The topological polar surface area (TPSA) is 38.3 Å². The average molecular weight is 181 g/mol. The van der Waals surface area contributed by atoms with Gasteiger partial charge in [0.25, 0.3) is 0 Å². The number of hydrogen-bond donors (Lipinski definition) is 1. The summed E-state index contributed by atoms with van der Waals surface area (Å²) in [4.78, 5) is 11.4. The summed E-state index contributed by atoms with van der Waals surface area (Å²) >= 11 is 0. The molecule has 1 aliphatic heterocycles. The Morgan fingerprint density at radius 3 is 2.92 bits per heavy atom. The lowest BCUT2D eigenvalue weighted by Crippen LogP contribution is -2.44. The molecule has 0 unspecified atom stereocenters. The molecule has 1 fully saturated rings. The molecule has 0 aromatic heterocycles. The molecule has 0 amide bonds. The molecular weight excluding hydrogens is 166 g/mol. The molecule has 1 N–H and O–H groups in total. The number of fused-ring (bicyclic) bond motifs is 1. The van der Waals surface area contributed by atoms with Crippen molar-refractivity contribution in [3.8, 4) is 0 Å². The molecule has 2 atom stereocenters. The number of carbonyl (C=O) groups is 1. The monoisotopic (exact) mass is 181 g/mol. The van der Waals surface area contributed by atoms with Crippen LogP contribution in [0.3, 0.4) is 0 Å². The van der Waals surface area contributed by atoms with Crippen molar-refractivity contribution >= 4 is 5.97 Å². The summed E-state index contributed by atoms with van der Waals surface area (Å²) in [5.41, 5.74) is 1.51. The van der Waals surface area contributed by atoms with Crippen LogP contribution in [0.2, 0.25) is 0 Å². The number of carbonyl (C=O) groups excluding carboxylic acids is 1. The zero-order chi connectivity index (χ0) is 9.64. The molecule has 3 nitrogen and oxygen atoms in total. The summed E-state index contributed by atoms with van der Waals surface area (Å²) in [6.45, 7) is 5.15. The van der Waals surface area contributed by atoms with Gasteiger partial charge in [0.15, 0.2) is 0 Å². The fraction of sp³-hybridized carbons (Fsp3) is 0.700. The van der Waals surface area contributed by atoms with Crippen LogP contribution in [0.1, 0.15) is 13.8 Å². The number of hydrogen-bond acceptors (Lipinski definition) is 3. The Balaban J connectivity index is 2.19. The van der Waals surface area contributed by atoms with E-state index in [0.717, 1.165) is 6.54 Å². The van der Waals surface area contributed by atoms with Crippen LogP contribution < -0.4 is 5.32 Å². The van der Waals surface area contributed by atoms with E-state index < -0.39 is 0 Å². The third-order valence-electron chi connectivity index (χ3n) is 3.07. The zero-order valence-corrected chi connectivity index (χ0v) is 8.26. The maximum Gasteiger partial charge on any atom is 0.323 e. The molecule has 0 aromatic carbocycles. The van der Waals surface area contributed by atoms with Gasteiger partial charge in [0.2, 0.25) is 0 Å². The summed E-state index contributed by atoms with van der Waals surface area (Å²) in [5.74, 6) is 0.209. The second kappa shape index (κ2) is 2.58. The first-order valence-corrected chi connectivity index (χ1v) is 4.59. The van der Waals surface area contributed by atoms with Crippen LogP contribution in [0.5, 0.6) is 0 Å². The highest BCUT2D eigenvalue weighted by molar-refractivity contribution is 5.78. The Hall–Kier alpha value is -0.830. The van der Waals surface area contributed by atoms with Gasteiger partial charge < -0.3 is 10.1 Å². The largest absolute Gasteiger partial charge is 0.468 e. The van der Waals surface area contributed by atoms with E-state index in [9.17, 15) is 4.79 Å². The number of allylic oxidation sites excluding steroid dienone is 1. The van der Waals surface area contributed by atoms with E-state index >= 15 is 0 Å². The van der Waals surface area contributed by atoms with Crippen LogP contribution in [0, 0.1) is 11.3 Å². The molecule has 0 bridgehead atoms. The van der Waals surface area contributed by atoms with Crippen LogP contribution in [0.15, 0.2) is 11.6 Å². The molecule has 13 heavy (non-hydrogen) atoms. The Morgan fingerprint density at radius 2 is 2.38 bits per heavy atom. The van der Waals surface area contributed by atoms with E-state index in [2.05, 4.69) is 25.2 Å². The molecule has 2 aliphatic rings. The van der Waals surface area contributed by atoms with Crippen molar-refractivity contribution in [2.24, 2.45) is 11.3 Å². The van der Waals surface area contributed by atoms with Gasteiger partial charge in [-0.1, -0.05) is 25.5 Å². The van der Waals surface area contributed by atoms with Crippen molar-refractivity contribution in [1.82, 2.24) is 5.32 Å². The number of nitrogens with one attached hydrogen (secondary N) is 1. The summed E-state index contributed by atoms with van der Waals surface area (Å²) in [5, 5.41) is 3.18. The molecule has 2 rings (SSSR count). The first-order valence-electron chi connectivity index (χ1n) is 4.59. The summed E-state index contributed by atoms with van der Waals surface area (Å²) in [6.07, 6.45) is 2.24. The molecule has 1 heterocycles. The highest BCUT2D eigenvalue weighted by Gasteiger charge is 2.50. The zero-order valence-electron chi connectivity index (χ0n) is 8.26. The maximum absolute atomic E-state index is 11.4. The molecule has 0 spiro atoms. The second-order valence-electron chi connectivity index (χ2n) is 4.40. The number of esters is 1. The van der Waals surface area contributed by atoms with Gasteiger partial charge in [0.05, 0.1) is 7.11 Å². The summed E-state index contributed by atoms with van der Waals surface area (Å²) in [7, 11) is 1.44. The summed E-state index contributed by atoms with van der Waals surface area (Å²) < 4.78 is 4.75. The van der Waals surface area contributed by atoms with Crippen LogP contribution >= 0.6 is 0 Å². The molecular formula is C10H15NO2. The summed E-state index contributed by atoms with van der Waals surface area (Å²) in [6, 6.07) is -0.125. The minimum absolute atomic E-state index is 0.125. The second-order valence-corrected chi connectivity index (χ2v) is 4.40. The predicted molar refractivity (Wildman–Crippen MR) is 49.2 cm³/mol. The van der Waals surface area contributed by atoms with Gasteiger partial charge in [-0.3, -0.25) is 4.79 Å². The minimum atomic E-state index is -0.138. The van der Waals surface area contributed by atoms with Gasteiger partial charge >= 0.3 is 5.97 Å². The van der Waals surface area contributed by atoms with E-state index in [1.54, 1.807) is 0 Å². The maximum atomic E-state index is 11.4. The van der Waals surface area contributed by atoms with Crippen molar-refractivity contribution in [2.75, 3.05) is 13.7 Å². The van der Waals surface area contributed by atoms with Crippen molar-refractivity contribution in [3.63, 3.8) is 0 Å². The predicted octanol–water partition coefficient (Wildman–Crippen LogP) is 0.714. The lowest BCUT2D eigenvalue weighted by atomic mass is 9.63. The van der Waals surface area contributed by atoms with E-state index in [4.69, 9.17) is 4.74 Å². The first-order chi connectivity index (χ1) is 6.06. The quantitative estimate of drug-likeness (QED) is 0.478. The standard InChI is InChI=1S/C10H15NO2/c1-10(2)4-6-5-11-8(7(6)10)9(12)13-3/h4,7-8,11H,5H2,1-3H3/t7-,8-/m0/s1. The van der Waals surface area contributed by atoms with Gasteiger partial charge in [0.1, 0.15) is 6.04 Å². The Bertz CT molecular complexity index is 281. The SMILES string of the molecule is COC(=O)[C@H]1NCC2=CC(C)(C)[C@@H]21. The molecule has 1 aliphatic carbocycles. The van der Waals surface area contributed by atoms with Crippen LogP contribution in [-0.2, 0) is 9.53 Å². The molecule has 0 radical (unpaired) electrons. The Kier molecular flexibility index (Phi) is 1.74. The highest BCUT2D eigenvalue weighted by Crippen LogP contribution is 2.48. The molecule has 3 heteroatoms. The minimum Gasteiger partial charge on any atom is -0.468 e. The fourth-order valence-electron chi connectivity index (χ4n) is 2.54. The van der Waals surface area contributed by atoms with Crippen LogP contribution in [0.4, 0.5) is 0 Å². The smallest absolute Gasteiger partial charge is 0.323 e. The fourth-order valence-corrected chi connectivity index (χ4v) is 2.54. The molecule has 1 saturated heterocycles. The molecule has 0 saturated carbocycles.